The summed E-state index contributed by atoms with van der Waals surface area (Å²) in [5, 5.41) is 2.29. The molecule has 0 unspecified atom stereocenters. The standard InChI is InChI=1S/C11H19N3O5/c1-6(11(18)19-2)3-8(15)7(4-9(13)16)14-10(17)5-12/h6-7H,3-5,12H2,1-2H3,(H2,13,16)(H,14,17)/t6-,7-/m1/s1. The van der Waals surface area contributed by atoms with Crippen LogP contribution in [0, 0.1) is 5.92 Å². The van der Waals surface area contributed by atoms with Crippen molar-refractivity contribution in [1.29, 1.82) is 0 Å². The van der Waals surface area contributed by atoms with E-state index in [1.165, 1.54) is 14.0 Å². The zero-order valence-electron chi connectivity index (χ0n) is 11.0. The molecule has 0 radical (unpaired) electrons. The van der Waals surface area contributed by atoms with Gasteiger partial charge in [0.15, 0.2) is 5.78 Å². The van der Waals surface area contributed by atoms with Crippen LogP contribution in [0.2, 0.25) is 0 Å². The van der Waals surface area contributed by atoms with Gasteiger partial charge in [-0.3, -0.25) is 19.2 Å². The van der Waals surface area contributed by atoms with Gasteiger partial charge in [-0.2, -0.15) is 0 Å². The minimum Gasteiger partial charge on any atom is -0.469 e. The van der Waals surface area contributed by atoms with Crippen LogP contribution in [-0.2, 0) is 23.9 Å². The van der Waals surface area contributed by atoms with Crippen molar-refractivity contribution in [3.8, 4) is 0 Å². The Morgan fingerprint density at radius 1 is 1.21 bits per heavy atom. The van der Waals surface area contributed by atoms with Gasteiger partial charge in [-0.1, -0.05) is 6.92 Å². The Hall–Kier alpha value is -1.96. The maximum absolute atomic E-state index is 11.9. The van der Waals surface area contributed by atoms with Crippen LogP contribution in [0.5, 0.6) is 0 Å². The van der Waals surface area contributed by atoms with E-state index in [0.717, 1.165) is 0 Å². The number of ketones is 1. The highest BCUT2D eigenvalue weighted by atomic mass is 16.5. The number of carbonyl (C=O) groups excluding carboxylic acids is 4. The largest absolute Gasteiger partial charge is 0.469 e. The number of primary amides is 1. The van der Waals surface area contributed by atoms with Gasteiger partial charge < -0.3 is 21.5 Å². The summed E-state index contributed by atoms with van der Waals surface area (Å²) in [4.78, 5) is 45.1. The predicted molar refractivity (Wildman–Crippen MR) is 65.6 cm³/mol. The molecule has 0 heterocycles. The minimum absolute atomic E-state index is 0.157. The second-order valence-corrected chi connectivity index (χ2v) is 4.09. The van der Waals surface area contributed by atoms with Crippen LogP contribution in [0.25, 0.3) is 0 Å². The zero-order valence-corrected chi connectivity index (χ0v) is 11.0. The van der Waals surface area contributed by atoms with E-state index in [2.05, 4.69) is 10.1 Å². The molecule has 0 aliphatic heterocycles. The Balaban J connectivity index is 4.66. The van der Waals surface area contributed by atoms with Crippen LogP contribution < -0.4 is 16.8 Å². The van der Waals surface area contributed by atoms with Gasteiger partial charge in [0.05, 0.1) is 32.0 Å². The molecule has 0 aromatic carbocycles. The van der Waals surface area contributed by atoms with Crippen molar-refractivity contribution >= 4 is 23.6 Å². The zero-order chi connectivity index (χ0) is 15.0. The summed E-state index contributed by atoms with van der Waals surface area (Å²) in [6.45, 7) is 1.20. The average molecular weight is 273 g/mol. The monoisotopic (exact) mass is 273 g/mol. The van der Waals surface area contributed by atoms with Crippen LogP contribution >= 0.6 is 0 Å². The summed E-state index contributed by atoms with van der Waals surface area (Å²) in [7, 11) is 1.21. The Morgan fingerprint density at radius 3 is 2.21 bits per heavy atom. The van der Waals surface area contributed by atoms with Crippen molar-refractivity contribution < 1.29 is 23.9 Å². The van der Waals surface area contributed by atoms with Crippen molar-refractivity contribution in [3.63, 3.8) is 0 Å². The van der Waals surface area contributed by atoms with Crippen LogP contribution in [-0.4, -0.2) is 43.3 Å². The van der Waals surface area contributed by atoms with Crippen molar-refractivity contribution in [3.05, 3.63) is 0 Å². The SMILES string of the molecule is COC(=O)[C@H](C)CC(=O)[C@@H](CC(N)=O)NC(=O)CN. The van der Waals surface area contributed by atoms with E-state index >= 15 is 0 Å². The van der Waals surface area contributed by atoms with Crippen molar-refractivity contribution in [2.24, 2.45) is 17.4 Å². The first-order valence-corrected chi connectivity index (χ1v) is 5.70. The third-order valence-corrected chi connectivity index (χ3v) is 2.43. The van der Waals surface area contributed by atoms with Gasteiger partial charge >= 0.3 is 5.97 Å². The maximum Gasteiger partial charge on any atom is 0.308 e. The number of hydrogen-bond acceptors (Lipinski definition) is 6. The molecule has 0 bridgehead atoms. The van der Waals surface area contributed by atoms with E-state index < -0.39 is 35.5 Å². The number of methoxy groups -OCH3 is 1. The van der Waals surface area contributed by atoms with E-state index in [4.69, 9.17) is 11.5 Å². The minimum atomic E-state index is -1.07. The fourth-order valence-corrected chi connectivity index (χ4v) is 1.43. The first-order valence-electron chi connectivity index (χ1n) is 5.70. The Kier molecular flexibility index (Phi) is 7.35. The van der Waals surface area contributed by atoms with Crippen molar-refractivity contribution in [1.82, 2.24) is 5.32 Å². The lowest BCUT2D eigenvalue weighted by atomic mass is 9.98. The van der Waals surface area contributed by atoms with E-state index in [1.807, 2.05) is 0 Å². The summed E-state index contributed by atoms with van der Waals surface area (Å²) >= 11 is 0. The first kappa shape index (κ1) is 17.0. The predicted octanol–water partition coefficient (Wildman–Crippen LogP) is -1.93. The van der Waals surface area contributed by atoms with Crippen LogP contribution in [0.3, 0.4) is 0 Å². The molecule has 8 nitrogen and oxygen atoms in total. The van der Waals surface area contributed by atoms with Gasteiger partial charge in [-0.15, -0.1) is 0 Å². The van der Waals surface area contributed by atoms with Gasteiger partial charge in [0.2, 0.25) is 11.8 Å². The Labute approximate surface area is 110 Å². The molecule has 0 aliphatic carbocycles. The van der Waals surface area contributed by atoms with Crippen molar-refractivity contribution in [2.45, 2.75) is 25.8 Å². The smallest absolute Gasteiger partial charge is 0.308 e. The first-order chi connectivity index (χ1) is 8.81. The molecule has 0 saturated carbocycles. The lowest BCUT2D eigenvalue weighted by Gasteiger charge is -2.17. The number of amides is 2. The number of rotatable bonds is 8. The van der Waals surface area contributed by atoms with Crippen molar-refractivity contribution in [2.75, 3.05) is 13.7 Å². The van der Waals surface area contributed by atoms with Crippen LogP contribution in [0.4, 0.5) is 0 Å². The molecule has 0 aromatic rings. The highest BCUT2D eigenvalue weighted by Gasteiger charge is 2.26. The molecular weight excluding hydrogens is 254 g/mol. The number of ether oxygens (including phenoxy) is 1. The molecule has 0 saturated heterocycles. The van der Waals surface area contributed by atoms with Gasteiger partial charge in [0.1, 0.15) is 0 Å². The number of nitrogens with two attached hydrogens (primary N) is 2. The highest BCUT2D eigenvalue weighted by molar-refractivity contribution is 5.94. The summed E-state index contributed by atoms with van der Waals surface area (Å²) in [6.07, 6.45) is -0.492. The summed E-state index contributed by atoms with van der Waals surface area (Å²) < 4.78 is 4.49. The van der Waals surface area contributed by atoms with E-state index in [9.17, 15) is 19.2 Å². The number of hydrogen-bond donors (Lipinski definition) is 3. The lowest BCUT2D eigenvalue weighted by Crippen LogP contribution is -2.46. The topological polar surface area (TPSA) is 142 Å². The van der Waals surface area contributed by atoms with Crippen LogP contribution in [0.1, 0.15) is 19.8 Å². The fraction of sp³-hybridized carbons (Fsp3) is 0.636. The molecule has 2 atom stereocenters. The molecule has 19 heavy (non-hydrogen) atoms. The summed E-state index contributed by atoms with van der Waals surface area (Å²) in [5.41, 5.74) is 10.1. The maximum atomic E-state index is 11.9. The summed E-state index contributed by atoms with van der Waals surface area (Å²) in [6, 6.07) is -1.07. The number of Topliss-reactive ketones (excluding diaryl/α,β-unsaturated/α-hetero) is 1. The van der Waals surface area contributed by atoms with E-state index in [-0.39, 0.29) is 19.4 Å². The van der Waals surface area contributed by atoms with Gasteiger partial charge in [0, 0.05) is 6.42 Å². The van der Waals surface area contributed by atoms with Gasteiger partial charge in [-0.05, 0) is 0 Å². The number of nitrogens with one attached hydrogen (secondary N) is 1. The van der Waals surface area contributed by atoms with Crippen LogP contribution in [0.15, 0.2) is 0 Å². The molecule has 0 fully saturated rings. The molecule has 0 rings (SSSR count). The molecule has 0 aliphatic rings. The average Bonchev–Trinajstić information content (AvgIpc) is 2.35. The third kappa shape index (κ3) is 6.51. The fourth-order valence-electron chi connectivity index (χ4n) is 1.43. The van der Waals surface area contributed by atoms with Gasteiger partial charge in [-0.25, -0.2) is 0 Å². The van der Waals surface area contributed by atoms with E-state index in [1.54, 1.807) is 0 Å². The molecule has 0 aromatic heterocycles. The van der Waals surface area contributed by atoms with Gasteiger partial charge in [0.25, 0.3) is 0 Å². The normalized spacial score (nSPS) is 13.2. The molecule has 5 N–H and O–H groups in total. The Morgan fingerprint density at radius 2 is 1.79 bits per heavy atom. The molecule has 108 valence electrons. The molecule has 0 spiro atoms. The quantitative estimate of drug-likeness (QED) is 0.440. The number of esters is 1. The van der Waals surface area contributed by atoms with E-state index in [0.29, 0.717) is 0 Å². The molecule has 8 heteroatoms. The molecular formula is C11H19N3O5. The lowest BCUT2D eigenvalue weighted by molar-refractivity contribution is -0.146. The molecule has 2 amide bonds. The Bertz CT molecular complexity index is 369. The summed E-state index contributed by atoms with van der Waals surface area (Å²) in [5.74, 6) is -3.00. The highest BCUT2D eigenvalue weighted by Crippen LogP contribution is 2.08. The second kappa shape index (κ2) is 8.20. The number of carbonyl (C=O) groups is 4. The second-order valence-electron chi connectivity index (χ2n) is 4.09. The third-order valence-electron chi connectivity index (χ3n) is 2.43.